The Morgan fingerprint density at radius 1 is 0.967 bits per heavy atom. The van der Waals surface area contributed by atoms with E-state index in [0.717, 1.165) is 29.8 Å². The van der Waals surface area contributed by atoms with Crippen LogP contribution in [0.3, 0.4) is 0 Å². The molecule has 0 bridgehead atoms. The first-order valence-corrected chi connectivity index (χ1v) is 9.89. The summed E-state index contributed by atoms with van der Waals surface area (Å²) in [7, 11) is 0. The van der Waals surface area contributed by atoms with Gasteiger partial charge in [-0.15, -0.1) is 0 Å². The van der Waals surface area contributed by atoms with E-state index in [-0.39, 0.29) is 23.4 Å². The van der Waals surface area contributed by atoms with Crippen LogP contribution in [0.4, 0.5) is 10.1 Å². The normalized spacial score (nSPS) is 17.1. The molecular formula is C24H20FN3O2. The van der Waals surface area contributed by atoms with E-state index in [1.54, 1.807) is 6.07 Å². The molecule has 5 nitrogen and oxygen atoms in total. The first-order chi connectivity index (χ1) is 14.5. The molecule has 150 valence electrons. The van der Waals surface area contributed by atoms with Crippen LogP contribution in [-0.4, -0.2) is 11.8 Å². The van der Waals surface area contributed by atoms with Crippen LogP contribution >= 0.6 is 0 Å². The van der Waals surface area contributed by atoms with Crippen molar-refractivity contribution in [3.8, 4) is 11.1 Å². The predicted octanol–water partition coefficient (Wildman–Crippen LogP) is 3.91. The van der Waals surface area contributed by atoms with Gasteiger partial charge in [-0.25, -0.2) is 4.39 Å². The minimum Gasteiger partial charge on any atom is -0.349 e. The Bertz CT molecular complexity index is 1170. The average Bonchev–Trinajstić information content (AvgIpc) is 3.19. The van der Waals surface area contributed by atoms with Gasteiger partial charge in [-0.05, 0) is 64.2 Å². The monoisotopic (exact) mass is 401 g/mol. The van der Waals surface area contributed by atoms with E-state index in [1.807, 2.05) is 42.5 Å². The zero-order chi connectivity index (χ0) is 20.7. The third-order valence-corrected chi connectivity index (χ3v) is 5.60. The van der Waals surface area contributed by atoms with Gasteiger partial charge in [0, 0.05) is 24.3 Å². The lowest BCUT2D eigenvalue weighted by molar-refractivity contribution is -0.128. The van der Waals surface area contributed by atoms with E-state index in [2.05, 4.69) is 16.0 Å². The molecule has 1 fully saturated rings. The minimum absolute atomic E-state index is 0.0110. The summed E-state index contributed by atoms with van der Waals surface area (Å²) in [6.07, 6.45) is 0.455. The first kappa shape index (κ1) is 18.5. The summed E-state index contributed by atoms with van der Waals surface area (Å²) in [5, 5.41) is 8.98. The van der Waals surface area contributed by atoms with Crippen LogP contribution in [-0.2, 0) is 17.9 Å². The standard InChI is InChI=1S/C24H20FN3O2/c25-20-8-17(14-2-1-3-15(6-14)22-11-23(29)28-22)7-18(9-20)24(30)27-21-5-4-16-12-26-13-19(16)10-21/h1-10,22,26H,11-13H2,(H,27,30)(H,28,29)/t22-/m1/s1. The maximum Gasteiger partial charge on any atom is 0.255 e. The molecule has 0 aliphatic carbocycles. The van der Waals surface area contributed by atoms with Crippen LogP contribution in [0.25, 0.3) is 11.1 Å². The van der Waals surface area contributed by atoms with Crippen molar-refractivity contribution < 1.29 is 14.0 Å². The SMILES string of the molecule is O=C1C[C@H](c2cccc(-c3cc(F)cc(C(=O)Nc4ccc5c(c4)CNC5)c3)c2)N1. The number of halogens is 1. The molecule has 1 saturated heterocycles. The second kappa shape index (κ2) is 7.39. The second-order valence-electron chi connectivity index (χ2n) is 7.72. The van der Waals surface area contributed by atoms with Crippen molar-refractivity contribution in [1.82, 2.24) is 10.6 Å². The molecule has 2 amide bonds. The Balaban J connectivity index is 1.40. The third kappa shape index (κ3) is 3.57. The number of carbonyl (C=O) groups excluding carboxylic acids is 2. The van der Waals surface area contributed by atoms with Crippen molar-refractivity contribution in [2.75, 3.05) is 5.32 Å². The van der Waals surface area contributed by atoms with Gasteiger partial charge < -0.3 is 16.0 Å². The predicted molar refractivity (Wildman–Crippen MR) is 112 cm³/mol. The molecule has 0 unspecified atom stereocenters. The number of carbonyl (C=O) groups is 2. The number of anilines is 1. The number of benzene rings is 3. The van der Waals surface area contributed by atoms with Gasteiger partial charge in [0.1, 0.15) is 5.82 Å². The molecule has 2 aliphatic rings. The fourth-order valence-electron chi connectivity index (χ4n) is 3.96. The molecule has 0 saturated carbocycles. The highest BCUT2D eigenvalue weighted by Crippen LogP contribution is 2.29. The van der Waals surface area contributed by atoms with Crippen molar-refractivity contribution in [3.05, 3.63) is 88.7 Å². The van der Waals surface area contributed by atoms with E-state index in [9.17, 15) is 14.0 Å². The molecule has 3 aromatic rings. The Morgan fingerprint density at radius 2 is 1.80 bits per heavy atom. The Hall–Kier alpha value is -3.51. The Kier molecular flexibility index (Phi) is 4.56. The fraction of sp³-hybridized carbons (Fsp3) is 0.167. The summed E-state index contributed by atoms with van der Waals surface area (Å²) in [4.78, 5) is 24.0. The first-order valence-electron chi connectivity index (χ1n) is 9.89. The highest BCUT2D eigenvalue weighted by molar-refractivity contribution is 6.05. The summed E-state index contributed by atoms with van der Waals surface area (Å²) >= 11 is 0. The molecule has 0 aromatic heterocycles. The van der Waals surface area contributed by atoms with E-state index >= 15 is 0 Å². The van der Waals surface area contributed by atoms with Crippen molar-refractivity contribution in [2.45, 2.75) is 25.6 Å². The highest BCUT2D eigenvalue weighted by atomic mass is 19.1. The van der Waals surface area contributed by atoms with Crippen LogP contribution in [0.1, 0.15) is 39.5 Å². The number of β-lactam (4-membered cyclic amide) rings is 1. The number of rotatable bonds is 4. The van der Waals surface area contributed by atoms with Crippen LogP contribution in [0, 0.1) is 5.82 Å². The van der Waals surface area contributed by atoms with Crippen LogP contribution in [0.2, 0.25) is 0 Å². The van der Waals surface area contributed by atoms with E-state index in [4.69, 9.17) is 0 Å². The third-order valence-electron chi connectivity index (χ3n) is 5.60. The zero-order valence-corrected chi connectivity index (χ0v) is 16.2. The van der Waals surface area contributed by atoms with Crippen molar-refractivity contribution >= 4 is 17.5 Å². The van der Waals surface area contributed by atoms with Gasteiger partial charge in [0.05, 0.1) is 12.5 Å². The highest BCUT2D eigenvalue weighted by Gasteiger charge is 2.26. The van der Waals surface area contributed by atoms with E-state index in [1.165, 1.54) is 17.7 Å². The molecule has 0 spiro atoms. The lowest BCUT2D eigenvalue weighted by Crippen LogP contribution is -2.41. The Morgan fingerprint density at radius 3 is 2.63 bits per heavy atom. The van der Waals surface area contributed by atoms with Crippen LogP contribution in [0.15, 0.2) is 60.7 Å². The quantitative estimate of drug-likeness (QED) is 0.581. The number of nitrogens with one attached hydrogen (secondary N) is 3. The maximum atomic E-state index is 14.3. The van der Waals surface area contributed by atoms with Crippen LogP contribution in [0.5, 0.6) is 0 Å². The van der Waals surface area contributed by atoms with Crippen molar-refractivity contribution in [3.63, 3.8) is 0 Å². The fourth-order valence-corrected chi connectivity index (χ4v) is 3.96. The largest absolute Gasteiger partial charge is 0.349 e. The summed E-state index contributed by atoms with van der Waals surface area (Å²) in [5.74, 6) is -0.806. The number of amides is 2. The maximum absolute atomic E-state index is 14.3. The molecule has 6 heteroatoms. The number of fused-ring (bicyclic) bond motifs is 1. The van der Waals surface area contributed by atoms with E-state index in [0.29, 0.717) is 17.7 Å². The van der Waals surface area contributed by atoms with E-state index < -0.39 is 5.82 Å². The summed E-state index contributed by atoms with van der Waals surface area (Å²) in [6.45, 7) is 1.61. The number of hydrogen-bond acceptors (Lipinski definition) is 3. The summed E-state index contributed by atoms with van der Waals surface area (Å²) in [5.41, 5.74) is 5.71. The van der Waals surface area contributed by atoms with Gasteiger partial charge in [-0.2, -0.15) is 0 Å². The molecule has 2 heterocycles. The summed E-state index contributed by atoms with van der Waals surface area (Å²) in [6, 6.07) is 17.7. The topological polar surface area (TPSA) is 70.2 Å². The molecule has 2 aliphatic heterocycles. The van der Waals surface area contributed by atoms with Crippen molar-refractivity contribution in [2.24, 2.45) is 0 Å². The molecule has 3 aromatic carbocycles. The summed E-state index contributed by atoms with van der Waals surface area (Å²) < 4.78 is 14.3. The molecule has 0 radical (unpaired) electrons. The zero-order valence-electron chi connectivity index (χ0n) is 16.2. The lowest BCUT2D eigenvalue weighted by atomic mass is 9.93. The average molecular weight is 401 g/mol. The minimum atomic E-state index is -0.474. The van der Waals surface area contributed by atoms with Crippen molar-refractivity contribution in [1.29, 1.82) is 0 Å². The second-order valence-corrected chi connectivity index (χ2v) is 7.72. The van der Waals surface area contributed by atoms with Gasteiger partial charge in [0.2, 0.25) is 5.91 Å². The van der Waals surface area contributed by atoms with Gasteiger partial charge in [-0.1, -0.05) is 24.3 Å². The van der Waals surface area contributed by atoms with Crippen LogP contribution < -0.4 is 16.0 Å². The molecule has 3 N–H and O–H groups in total. The smallest absolute Gasteiger partial charge is 0.255 e. The van der Waals surface area contributed by atoms with Gasteiger partial charge in [0.15, 0.2) is 0 Å². The van der Waals surface area contributed by atoms with Gasteiger partial charge >= 0.3 is 0 Å². The van der Waals surface area contributed by atoms with Gasteiger partial charge in [0.25, 0.3) is 5.91 Å². The molecule has 1 atom stereocenters. The Labute approximate surface area is 173 Å². The molecule has 5 rings (SSSR count). The molecule has 30 heavy (non-hydrogen) atoms. The number of hydrogen-bond donors (Lipinski definition) is 3. The lowest BCUT2D eigenvalue weighted by Gasteiger charge is -2.27. The van der Waals surface area contributed by atoms with Gasteiger partial charge in [-0.3, -0.25) is 9.59 Å². The molecular weight excluding hydrogens is 381 g/mol.